The van der Waals surface area contributed by atoms with Crippen molar-refractivity contribution in [2.24, 2.45) is 0 Å². The minimum absolute atomic E-state index is 0.470. The van der Waals surface area contributed by atoms with Gasteiger partial charge in [-0.15, -0.1) is 0 Å². The summed E-state index contributed by atoms with van der Waals surface area (Å²) in [5.41, 5.74) is 0.935. The first-order valence-corrected chi connectivity index (χ1v) is 9.61. The molecule has 0 aliphatic heterocycles. The predicted molar refractivity (Wildman–Crippen MR) is 87.9 cm³/mol. The van der Waals surface area contributed by atoms with Crippen LogP contribution in [-0.2, 0) is 9.09 Å². The van der Waals surface area contributed by atoms with Crippen molar-refractivity contribution in [1.82, 2.24) is 0 Å². The van der Waals surface area contributed by atoms with Crippen LogP contribution < -0.4 is 0 Å². The zero-order valence-corrected chi connectivity index (χ0v) is 14.6. The number of allylic oxidation sites excluding steroid dienone is 4. The molecule has 0 aromatic heterocycles. The summed E-state index contributed by atoms with van der Waals surface area (Å²) in [6.45, 7) is 6.28. The summed E-state index contributed by atoms with van der Waals surface area (Å²) < 4.78 is 16.2. The van der Waals surface area contributed by atoms with Crippen LogP contribution in [0.2, 0.25) is 0 Å². The molecule has 0 aliphatic carbocycles. The Balaban J connectivity index is 5.10. The smallest absolute Gasteiger partial charge is 0.409 e. The van der Waals surface area contributed by atoms with Gasteiger partial charge in [0.25, 0.3) is 0 Å². The molecule has 0 saturated carbocycles. The molecule has 2 N–H and O–H groups in total. The van der Waals surface area contributed by atoms with Gasteiger partial charge in [-0.1, -0.05) is 58.6 Å². The first kappa shape index (κ1) is 20.4. The van der Waals surface area contributed by atoms with Crippen LogP contribution in [0.4, 0.5) is 0 Å². The summed E-state index contributed by atoms with van der Waals surface area (Å²) in [6.07, 6.45) is 12.5. The molecule has 0 atom stereocenters. The lowest BCUT2D eigenvalue weighted by molar-refractivity contribution is 0.233. The Morgan fingerprint density at radius 3 is 2.05 bits per heavy atom. The van der Waals surface area contributed by atoms with Crippen LogP contribution in [0.5, 0.6) is 0 Å². The predicted octanol–water partition coefficient (Wildman–Crippen LogP) is 5.48. The fraction of sp³-hybridized carbons (Fsp3) is 0.750. The van der Waals surface area contributed by atoms with Gasteiger partial charge in [-0.2, -0.15) is 0 Å². The summed E-state index contributed by atoms with van der Waals surface area (Å²) in [6, 6.07) is 0. The fourth-order valence-corrected chi connectivity index (χ4v) is 2.58. The number of unbranched alkanes of at least 4 members (excludes halogenated alkanes) is 4. The second kappa shape index (κ2) is 12.0. The van der Waals surface area contributed by atoms with E-state index < -0.39 is 7.82 Å². The number of phosphoric ester groups is 1. The molecular formula is C16H31O4P. The lowest BCUT2D eigenvalue weighted by Gasteiger charge is -2.15. The van der Waals surface area contributed by atoms with Crippen molar-refractivity contribution in [1.29, 1.82) is 0 Å². The Morgan fingerprint density at radius 2 is 1.57 bits per heavy atom. The lowest BCUT2D eigenvalue weighted by Crippen LogP contribution is -1.97. The van der Waals surface area contributed by atoms with Crippen LogP contribution in [0.1, 0.15) is 78.6 Å². The second-order valence-corrected chi connectivity index (χ2v) is 6.42. The van der Waals surface area contributed by atoms with Crippen molar-refractivity contribution in [2.75, 3.05) is 0 Å². The summed E-state index contributed by atoms with van der Waals surface area (Å²) in [5.74, 6) is 0.470. The van der Waals surface area contributed by atoms with Crippen molar-refractivity contribution in [3.8, 4) is 0 Å². The van der Waals surface area contributed by atoms with E-state index in [4.69, 9.17) is 14.3 Å². The topological polar surface area (TPSA) is 66.8 Å². The Labute approximate surface area is 129 Å². The highest BCUT2D eigenvalue weighted by Gasteiger charge is 2.19. The normalized spacial score (nSPS) is 13.6. The number of phosphoric acid groups is 1. The van der Waals surface area contributed by atoms with Gasteiger partial charge in [0.1, 0.15) is 5.76 Å². The van der Waals surface area contributed by atoms with E-state index >= 15 is 0 Å². The zero-order chi connectivity index (χ0) is 16.1. The van der Waals surface area contributed by atoms with Gasteiger partial charge < -0.3 is 4.52 Å². The van der Waals surface area contributed by atoms with E-state index in [0.717, 1.165) is 56.9 Å². The summed E-state index contributed by atoms with van der Waals surface area (Å²) in [7, 11) is -4.49. The molecule has 4 nitrogen and oxygen atoms in total. The number of hydrogen-bond donors (Lipinski definition) is 2. The number of rotatable bonds is 12. The maximum absolute atomic E-state index is 11.2. The van der Waals surface area contributed by atoms with E-state index in [9.17, 15) is 4.57 Å². The molecule has 0 aliphatic rings. The Bertz CT molecular complexity index is 368. The molecule has 0 spiro atoms. The molecule has 0 unspecified atom stereocenters. The maximum Gasteiger partial charge on any atom is 0.524 e. The second-order valence-electron chi connectivity index (χ2n) is 5.26. The molecule has 0 aromatic rings. The van der Waals surface area contributed by atoms with Crippen LogP contribution in [0.3, 0.4) is 0 Å². The zero-order valence-electron chi connectivity index (χ0n) is 13.7. The van der Waals surface area contributed by atoms with E-state index in [1.807, 2.05) is 19.1 Å². The third kappa shape index (κ3) is 11.7. The largest absolute Gasteiger partial charge is 0.524 e. The molecule has 0 aromatic carbocycles. The Hall–Kier alpha value is -0.570. The van der Waals surface area contributed by atoms with Crippen LogP contribution in [-0.4, -0.2) is 9.79 Å². The molecule has 0 saturated heterocycles. The third-order valence-electron chi connectivity index (χ3n) is 3.20. The Morgan fingerprint density at radius 1 is 1.00 bits per heavy atom. The molecule has 5 heteroatoms. The Kier molecular flexibility index (Phi) is 11.7. The van der Waals surface area contributed by atoms with Gasteiger partial charge >= 0.3 is 7.82 Å². The van der Waals surface area contributed by atoms with Crippen LogP contribution in [0.25, 0.3) is 0 Å². The highest BCUT2D eigenvalue weighted by Crippen LogP contribution is 2.41. The number of hydrogen-bond acceptors (Lipinski definition) is 2. The van der Waals surface area contributed by atoms with Crippen molar-refractivity contribution >= 4 is 7.82 Å². The molecule has 0 amide bonds. The van der Waals surface area contributed by atoms with Gasteiger partial charge in [0, 0.05) is 6.42 Å². The monoisotopic (exact) mass is 318 g/mol. The first-order chi connectivity index (χ1) is 9.94. The average Bonchev–Trinajstić information content (AvgIpc) is 2.40. The first-order valence-electron chi connectivity index (χ1n) is 8.08. The highest BCUT2D eigenvalue weighted by atomic mass is 31.2. The quantitative estimate of drug-likeness (QED) is 0.216. The van der Waals surface area contributed by atoms with Crippen LogP contribution in [0, 0.1) is 0 Å². The summed E-state index contributed by atoms with van der Waals surface area (Å²) >= 11 is 0. The minimum atomic E-state index is -4.49. The molecule has 21 heavy (non-hydrogen) atoms. The lowest BCUT2D eigenvalue weighted by atomic mass is 10.0. The molecule has 0 heterocycles. The molecular weight excluding hydrogens is 287 g/mol. The standard InChI is InChI=1S/C16H31O4P/c1-4-7-10-13-15(12-9-6-3)16(14-11-8-5-2)20-21(17,18)19/h9,12H,4-8,10-11,13-14H2,1-3H3,(H2,17,18,19). The van der Waals surface area contributed by atoms with E-state index in [0.29, 0.717) is 12.2 Å². The minimum Gasteiger partial charge on any atom is -0.409 e. The van der Waals surface area contributed by atoms with E-state index in [1.165, 1.54) is 0 Å². The highest BCUT2D eigenvalue weighted by molar-refractivity contribution is 7.46. The SMILES string of the molecule is CCC=CC(CCCCC)=C(CCCCC)OP(=O)(O)O. The average molecular weight is 318 g/mol. The van der Waals surface area contributed by atoms with Crippen molar-refractivity contribution in [2.45, 2.75) is 78.6 Å². The van der Waals surface area contributed by atoms with Crippen LogP contribution >= 0.6 is 7.82 Å². The summed E-state index contributed by atoms with van der Waals surface area (Å²) in [4.78, 5) is 18.2. The van der Waals surface area contributed by atoms with Crippen molar-refractivity contribution in [3.63, 3.8) is 0 Å². The maximum atomic E-state index is 11.2. The van der Waals surface area contributed by atoms with E-state index in [2.05, 4.69) is 13.8 Å². The van der Waals surface area contributed by atoms with Crippen molar-refractivity contribution in [3.05, 3.63) is 23.5 Å². The van der Waals surface area contributed by atoms with Crippen LogP contribution in [0.15, 0.2) is 23.5 Å². The van der Waals surface area contributed by atoms with Crippen molar-refractivity contribution < 1.29 is 18.9 Å². The van der Waals surface area contributed by atoms with Gasteiger partial charge in [-0.05, 0) is 31.3 Å². The molecule has 124 valence electrons. The third-order valence-corrected chi connectivity index (χ3v) is 3.66. The van der Waals surface area contributed by atoms with Gasteiger partial charge in [-0.3, -0.25) is 9.79 Å². The fourth-order valence-electron chi connectivity index (χ4n) is 2.09. The van der Waals surface area contributed by atoms with E-state index in [-0.39, 0.29) is 0 Å². The van der Waals surface area contributed by atoms with Gasteiger partial charge in [0.15, 0.2) is 0 Å². The molecule has 0 radical (unpaired) electrons. The summed E-state index contributed by atoms with van der Waals surface area (Å²) in [5, 5.41) is 0. The van der Waals surface area contributed by atoms with Gasteiger partial charge in [-0.25, -0.2) is 4.57 Å². The molecule has 0 bridgehead atoms. The van der Waals surface area contributed by atoms with E-state index in [1.54, 1.807) is 0 Å². The molecule has 0 rings (SSSR count). The van der Waals surface area contributed by atoms with Gasteiger partial charge in [0.2, 0.25) is 0 Å². The molecule has 0 fully saturated rings. The van der Waals surface area contributed by atoms with Gasteiger partial charge in [0.05, 0.1) is 0 Å².